The molecule has 0 aromatic heterocycles. The van der Waals surface area contributed by atoms with Crippen LogP contribution >= 0.6 is 15.9 Å². The molecule has 1 aliphatic rings. The van der Waals surface area contributed by atoms with E-state index in [-0.39, 0.29) is 11.4 Å². The van der Waals surface area contributed by atoms with Crippen LogP contribution < -0.4 is 10.5 Å². The molecule has 0 radical (unpaired) electrons. The maximum atomic E-state index is 12.5. The van der Waals surface area contributed by atoms with E-state index in [1.807, 2.05) is 0 Å². The molecule has 0 bridgehead atoms. The minimum Gasteiger partial charge on any atom is -0.329 e. The van der Waals surface area contributed by atoms with E-state index in [0.29, 0.717) is 17.3 Å². The Labute approximate surface area is 131 Å². The molecule has 0 atom stereocenters. The first-order valence-electron chi connectivity index (χ1n) is 6.48. The largest absolute Gasteiger partial charge is 0.329 e. The van der Waals surface area contributed by atoms with E-state index in [0.717, 1.165) is 12.8 Å². The molecule has 1 fully saturated rings. The van der Waals surface area contributed by atoms with E-state index in [9.17, 15) is 18.5 Å². The van der Waals surface area contributed by atoms with Crippen LogP contribution in [0.1, 0.15) is 25.7 Å². The fourth-order valence-electron chi connectivity index (χ4n) is 2.59. The van der Waals surface area contributed by atoms with Gasteiger partial charge in [0.25, 0.3) is 5.69 Å². The van der Waals surface area contributed by atoms with E-state index < -0.39 is 26.2 Å². The Balaban J connectivity index is 2.44. The molecule has 3 N–H and O–H groups in total. The van der Waals surface area contributed by atoms with Gasteiger partial charge in [-0.1, -0.05) is 28.8 Å². The highest BCUT2D eigenvalue weighted by atomic mass is 79.9. The third-order valence-electron chi connectivity index (χ3n) is 3.71. The Morgan fingerprint density at radius 3 is 2.52 bits per heavy atom. The smallest absolute Gasteiger partial charge is 0.289 e. The molecule has 1 aromatic carbocycles. The lowest BCUT2D eigenvalue weighted by molar-refractivity contribution is -0.387. The average Bonchev–Trinajstić information content (AvgIpc) is 2.86. The number of nitrogens with two attached hydrogens (primary N) is 1. The van der Waals surface area contributed by atoms with E-state index in [1.54, 1.807) is 0 Å². The fraction of sp³-hybridized carbons (Fsp3) is 0.500. The second-order valence-electron chi connectivity index (χ2n) is 5.17. The second kappa shape index (κ2) is 5.99. The standard InChI is InChI=1S/C12H16BrN3O4S/c13-9-3-4-10(16(17)18)11(7-9)21(19,20)15-12(8-14)5-1-2-6-12/h3-4,7,15H,1-2,5-6,8,14H2. The van der Waals surface area contributed by atoms with E-state index in [2.05, 4.69) is 20.7 Å². The molecule has 1 aromatic rings. The zero-order valence-electron chi connectivity index (χ0n) is 11.2. The fourth-order valence-corrected chi connectivity index (χ4v) is 4.77. The van der Waals surface area contributed by atoms with Gasteiger partial charge < -0.3 is 5.73 Å². The molecule has 116 valence electrons. The molecule has 0 heterocycles. The zero-order valence-corrected chi connectivity index (χ0v) is 13.6. The number of halogens is 1. The first-order valence-corrected chi connectivity index (χ1v) is 8.75. The summed E-state index contributed by atoms with van der Waals surface area (Å²) in [6, 6.07) is 3.84. The van der Waals surface area contributed by atoms with Crippen LogP contribution in [0.5, 0.6) is 0 Å². The quantitative estimate of drug-likeness (QED) is 0.600. The predicted molar refractivity (Wildman–Crippen MR) is 81.4 cm³/mol. The van der Waals surface area contributed by atoms with Gasteiger partial charge in [-0.05, 0) is 25.0 Å². The first kappa shape index (κ1) is 16.3. The number of nitrogens with zero attached hydrogens (tertiary/aromatic N) is 1. The van der Waals surface area contributed by atoms with Gasteiger partial charge in [0.15, 0.2) is 4.90 Å². The maximum absolute atomic E-state index is 12.5. The van der Waals surface area contributed by atoms with Crippen LogP contribution in [0, 0.1) is 10.1 Å². The molecule has 0 aliphatic heterocycles. The van der Waals surface area contributed by atoms with Crippen LogP contribution in [-0.2, 0) is 10.0 Å². The lowest BCUT2D eigenvalue weighted by atomic mass is 10.0. The van der Waals surface area contributed by atoms with Gasteiger partial charge in [0.2, 0.25) is 10.0 Å². The van der Waals surface area contributed by atoms with Crippen molar-refractivity contribution in [1.82, 2.24) is 4.72 Å². The summed E-state index contributed by atoms with van der Waals surface area (Å²) in [4.78, 5) is 9.99. The molecule has 0 unspecified atom stereocenters. The number of hydrogen-bond acceptors (Lipinski definition) is 5. The van der Waals surface area contributed by atoms with Gasteiger partial charge in [0, 0.05) is 22.6 Å². The monoisotopic (exact) mass is 377 g/mol. The van der Waals surface area contributed by atoms with Gasteiger partial charge in [-0.25, -0.2) is 13.1 Å². The normalized spacial score (nSPS) is 17.8. The SMILES string of the molecule is NCC1(NS(=O)(=O)c2cc(Br)ccc2[N+](=O)[O-])CCCC1. The van der Waals surface area contributed by atoms with E-state index in [1.165, 1.54) is 18.2 Å². The van der Waals surface area contributed by atoms with Crippen LogP contribution in [-0.4, -0.2) is 25.4 Å². The van der Waals surface area contributed by atoms with Crippen molar-refractivity contribution in [3.8, 4) is 0 Å². The summed E-state index contributed by atoms with van der Waals surface area (Å²) in [5, 5.41) is 11.0. The van der Waals surface area contributed by atoms with E-state index >= 15 is 0 Å². The van der Waals surface area contributed by atoms with Gasteiger partial charge >= 0.3 is 0 Å². The first-order chi connectivity index (χ1) is 9.80. The Morgan fingerprint density at radius 2 is 2.00 bits per heavy atom. The van der Waals surface area contributed by atoms with Gasteiger partial charge in [0.1, 0.15) is 0 Å². The van der Waals surface area contributed by atoms with Crippen molar-refractivity contribution < 1.29 is 13.3 Å². The third kappa shape index (κ3) is 3.42. The number of benzene rings is 1. The van der Waals surface area contributed by atoms with Crippen molar-refractivity contribution in [2.24, 2.45) is 5.73 Å². The van der Waals surface area contributed by atoms with Crippen LogP contribution in [0.15, 0.2) is 27.6 Å². The molecular weight excluding hydrogens is 362 g/mol. The lowest BCUT2D eigenvalue weighted by Crippen LogP contribution is -2.51. The maximum Gasteiger partial charge on any atom is 0.289 e. The van der Waals surface area contributed by atoms with Crippen LogP contribution in [0.25, 0.3) is 0 Å². The highest BCUT2D eigenvalue weighted by molar-refractivity contribution is 9.10. The minimum absolute atomic E-state index is 0.175. The Kier molecular flexibility index (Phi) is 4.66. The molecular formula is C12H16BrN3O4S. The van der Waals surface area contributed by atoms with Crippen molar-refractivity contribution in [1.29, 1.82) is 0 Å². The van der Waals surface area contributed by atoms with Gasteiger partial charge in [-0.15, -0.1) is 0 Å². The number of rotatable bonds is 5. The van der Waals surface area contributed by atoms with Crippen molar-refractivity contribution in [3.05, 3.63) is 32.8 Å². The summed E-state index contributed by atoms with van der Waals surface area (Å²) in [7, 11) is -4.01. The summed E-state index contributed by atoms with van der Waals surface area (Å²) in [6.45, 7) is 0.175. The summed E-state index contributed by atoms with van der Waals surface area (Å²) in [5.41, 5.74) is 4.56. The van der Waals surface area contributed by atoms with Crippen molar-refractivity contribution >= 4 is 31.6 Å². The van der Waals surface area contributed by atoms with Crippen molar-refractivity contribution in [2.75, 3.05) is 6.54 Å². The van der Waals surface area contributed by atoms with Gasteiger partial charge in [0.05, 0.1) is 4.92 Å². The molecule has 1 saturated carbocycles. The van der Waals surface area contributed by atoms with Gasteiger partial charge in [-0.2, -0.15) is 0 Å². The number of nitro groups is 1. The van der Waals surface area contributed by atoms with Crippen molar-refractivity contribution in [3.63, 3.8) is 0 Å². The summed E-state index contributed by atoms with van der Waals surface area (Å²) >= 11 is 3.14. The number of nitro benzene ring substituents is 1. The number of sulfonamides is 1. The molecule has 9 heteroatoms. The molecule has 1 aliphatic carbocycles. The molecule has 7 nitrogen and oxygen atoms in total. The predicted octanol–water partition coefficient (Wildman–Crippen LogP) is 1.91. The van der Waals surface area contributed by atoms with Crippen LogP contribution in [0.3, 0.4) is 0 Å². The Morgan fingerprint density at radius 1 is 1.38 bits per heavy atom. The highest BCUT2D eigenvalue weighted by Crippen LogP contribution is 2.33. The van der Waals surface area contributed by atoms with Crippen molar-refractivity contribution in [2.45, 2.75) is 36.1 Å². The van der Waals surface area contributed by atoms with Gasteiger partial charge in [-0.3, -0.25) is 10.1 Å². The minimum atomic E-state index is -4.01. The third-order valence-corrected chi connectivity index (χ3v) is 5.81. The average molecular weight is 378 g/mol. The molecule has 0 amide bonds. The second-order valence-corrected chi connectivity index (χ2v) is 7.73. The van der Waals surface area contributed by atoms with Crippen LogP contribution in [0.2, 0.25) is 0 Å². The summed E-state index contributed by atoms with van der Waals surface area (Å²) in [5.74, 6) is 0. The molecule has 0 saturated heterocycles. The summed E-state index contributed by atoms with van der Waals surface area (Å²) in [6.07, 6.45) is 3.07. The molecule has 0 spiro atoms. The van der Waals surface area contributed by atoms with Crippen LogP contribution in [0.4, 0.5) is 5.69 Å². The highest BCUT2D eigenvalue weighted by Gasteiger charge is 2.38. The number of hydrogen-bond donors (Lipinski definition) is 2. The lowest BCUT2D eigenvalue weighted by Gasteiger charge is -2.28. The van der Waals surface area contributed by atoms with E-state index in [4.69, 9.17) is 5.73 Å². The zero-order chi connectivity index (χ0) is 15.7. The molecule has 21 heavy (non-hydrogen) atoms. The Hall–Kier alpha value is -1.03. The molecule has 2 rings (SSSR count). The topological polar surface area (TPSA) is 115 Å². The number of nitrogens with one attached hydrogen (secondary N) is 1. The summed E-state index contributed by atoms with van der Waals surface area (Å²) < 4.78 is 28.1. The Bertz CT molecular complexity index is 656.